The van der Waals surface area contributed by atoms with Gasteiger partial charge in [-0.15, -0.1) is 0 Å². The van der Waals surface area contributed by atoms with Gasteiger partial charge in [-0.1, -0.05) is 0 Å². The van der Waals surface area contributed by atoms with Gasteiger partial charge < -0.3 is 10.4 Å². The van der Waals surface area contributed by atoms with Crippen LogP contribution in [-0.2, 0) is 0 Å². The predicted molar refractivity (Wildman–Crippen MR) is 48.2 cm³/mol. The van der Waals surface area contributed by atoms with Crippen LogP contribution in [0.5, 0.6) is 0 Å². The zero-order valence-corrected chi connectivity index (χ0v) is 7.70. The van der Waals surface area contributed by atoms with E-state index in [1.807, 2.05) is 0 Å². The Kier molecular flexibility index (Phi) is 3.53. The van der Waals surface area contributed by atoms with Crippen molar-refractivity contribution < 1.29 is 14.3 Å². The molecule has 0 aliphatic carbocycles. The molecule has 0 bridgehead atoms. The maximum absolute atomic E-state index is 12.6. The van der Waals surface area contributed by atoms with Gasteiger partial charge >= 0.3 is 0 Å². The predicted octanol–water partition coefficient (Wildman–Crippen LogP) is 0.331. The highest BCUT2D eigenvalue weighted by Gasteiger charge is 2.09. The first kappa shape index (κ1) is 10.6. The van der Waals surface area contributed by atoms with E-state index < -0.39 is 11.9 Å². The molecule has 0 aliphatic rings. The number of carbonyl (C=O) groups is 1. The van der Waals surface area contributed by atoms with Gasteiger partial charge in [0.1, 0.15) is 0 Å². The minimum Gasteiger partial charge on any atom is -0.394 e. The second kappa shape index (κ2) is 4.66. The third-order valence-corrected chi connectivity index (χ3v) is 1.64. The van der Waals surface area contributed by atoms with Crippen molar-refractivity contribution in [2.24, 2.45) is 0 Å². The largest absolute Gasteiger partial charge is 0.394 e. The van der Waals surface area contributed by atoms with E-state index in [4.69, 9.17) is 5.11 Å². The molecule has 1 aromatic rings. The molecule has 0 radical (unpaired) electrons. The minimum atomic E-state index is -0.700. The Labute approximate surface area is 80.8 Å². The normalized spacial score (nSPS) is 12.2. The van der Waals surface area contributed by atoms with E-state index >= 15 is 0 Å². The zero-order valence-electron chi connectivity index (χ0n) is 7.70. The van der Waals surface area contributed by atoms with Crippen molar-refractivity contribution in [3.63, 3.8) is 0 Å². The summed E-state index contributed by atoms with van der Waals surface area (Å²) < 4.78 is 12.6. The molecule has 5 heteroatoms. The summed E-state index contributed by atoms with van der Waals surface area (Å²) in [6.45, 7) is 1.49. The summed E-state index contributed by atoms with van der Waals surface area (Å²) in [5, 5.41) is 11.2. The Morgan fingerprint density at radius 2 is 2.50 bits per heavy atom. The number of amides is 1. The Morgan fingerprint density at radius 1 is 1.79 bits per heavy atom. The van der Waals surface area contributed by atoms with Crippen LogP contribution in [0.25, 0.3) is 0 Å². The summed E-state index contributed by atoms with van der Waals surface area (Å²) in [5.41, 5.74) is 0.192. The van der Waals surface area contributed by atoms with Gasteiger partial charge in [0.25, 0.3) is 5.91 Å². The van der Waals surface area contributed by atoms with Crippen LogP contribution in [0.15, 0.2) is 18.3 Å². The van der Waals surface area contributed by atoms with Crippen molar-refractivity contribution in [1.29, 1.82) is 0 Å². The number of aliphatic hydroxyl groups is 1. The van der Waals surface area contributed by atoms with Crippen LogP contribution in [0.1, 0.15) is 17.3 Å². The van der Waals surface area contributed by atoms with Crippen LogP contribution >= 0.6 is 0 Å². The first-order valence-electron chi connectivity index (χ1n) is 4.16. The van der Waals surface area contributed by atoms with Gasteiger partial charge in [0.15, 0.2) is 0 Å². The Bertz CT molecular complexity index is 330. The smallest absolute Gasteiger partial charge is 0.251 e. The zero-order chi connectivity index (χ0) is 10.6. The summed E-state index contributed by atoms with van der Waals surface area (Å²) in [7, 11) is 0. The highest BCUT2D eigenvalue weighted by molar-refractivity contribution is 5.94. The van der Waals surface area contributed by atoms with Crippen LogP contribution in [-0.4, -0.2) is 28.6 Å². The summed E-state index contributed by atoms with van der Waals surface area (Å²) in [6.07, 6.45) is 1.22. The molecular formula is C9H11FN2O2. The fraction of sp³-hybridized carbons (Fsp3) is 0.333. The maximum atomic E-state index is 12.6. The van der Waals surface area contributed by atoms with Gasteiger partial charge in [0, 0.05) is 23.9 Å². The van der Waals surface area contributed by atoms with Gasteiger partial charge in [-0.05, 0) is 13.0 Å². The second-order valence-corrected chi connectivity index (χ2v) is 2.92. The molecule has 4 nitrogen and oxygen atoms in total. The van der Waals surface area contributed by atoms with E-state index in [1.54, 1.807) is 6.92 Å². The SMILES string of the molecule is C[C@@H](CO)NC(=O)c1ccnc(F)c1. The number of rotatable bonds is 3. The van der Waals surface area contributed by atoms with Gasteiger partial charge in [-0.3, -0.25) is 4.79 Å². The quantitative estimate of drug-likeness (QED) is 0.688. The number of hydrogen-bond acceptors (Lipinski definition) is 3. The highest BCUT2D eigenvalue weighted by atomic mass is 19.1. The molecule has 0 saturated heterocycles. The molecule has 0 unspecified atom stereocenters. The molecule has 0 fully saturated rings. The number of aliphatic hydroxyl groups excluding tert-OH is 1. The average molecular weight is 198 g/mol. The monoisotopic (exact) mass is 198 g/mol. The van der Waals surface area contributed by atoms with Gasteiger partial charge in [0.05, 0.1) is 6.61 Å². The van der Waals surface area contributed by atoms with E-state index in [0.717, 1.165) is 6.07 Å². The first-order valence-corrected chi connectivity index (χ1v) is 4.16. The lowest BCUT2D eigenvalue weighted by atomic mass is 10.2. The number of aromatic nitrogens is 1. The summed E-state index contributed by atoms with van der Waals surface area (Å²) in [6, 6.07) is 2.10. The van der Waals surface area contributed by atoms with Crippen LogP contribution in [0.4, 0.5) is 4.39 Å². The van der Waals surface area contributed by atoms with Crippen molar-refractivity contribution in [1.82, 2.24) is 10.3 Å². The fourth-order valence-electron chi connectivity index (χ4n) is 0.896. The third kappa shape index (κ3) is 2.77. The Morgan fingerprint density at radius 3 is 3.07 bits per heavy atom. The number of nitrogens with zero attached hydrogens (tertiary/aromatic N) is 1. The van der Waals surface area contributed by atoms with Crippen molar-refractivity contribution in [2.45, 2.75) is 13.0 Å². The Balaban J connectivity index is 2.70. The molecule has 0 saturated carbocycles. The van der Waals surface area contributed by atoms with Gasteiger partial charge in [-0.25, -0.2) is 4.98 Å². The standard InChI is InChI=1S/C9H11FN2O2/c1-6(5-13)12-9(14)7-2-3-11-8(10)4-7/h2-4,6,13H,5H2,1H3,(H,12,14)/t6-/m0/s1. The van der Waals surface area contributed by atoms with Crippen LogP contribution < -0.4 is 5.32 Å². The number of pyridine rings is 1. The molecular weight excluding hydrogens is 187 g/mol. The number of hydrogen-bond donors (Lipinski definition) is 2. The van der Waals surface area contributed by atoms with E-state index in [1.165, 1.54) is 12.3 Å². The molecule has 0 spiro atoms. The molecule has 1 amide bonds. The lowest BCUT2D eigenvalue weighted by molar-refractivity contribution is 0.0921. The topological polar surface area (TPSA) is 62.2 Å². The minimum absolute atomic E-state index is 0.153. The number of halogens is 1. The van der Waals surface area contributed by atoms with Crippen molar-refractivity contribution in [3.05, 3.63) is 29.8 Å². The van der Waals surface area contributed by atoms with Crippen molar-refractivity contribution in [3.8, 4) is 0 Å². The van der Waals surface area contributed by atoms with E-state index in [-0.39, 0.29) is 18.2 Å². The summed E-state index contributed by atoms with van der Waals surface area (Å²) >= 11 is 0. The van der Waals surface area contributed by atoms with Crippen molar-refractivity contribution >= 4 is 5.91 Å². The lowest BCUT2D eigenvalue weighted by Gasteiger charge is -2.10. The Hall–Kier alpha value is -1.49. The summed E-state index contributed by atoms with van der Waals surface area (Å²) in [5.74, 6) is -1.12. The first-order chi connectivity index (χ1) is 6.63. The fourth-order valence-corrected chi connectivity index (χ4v) is 0.896. The number of carbonyl (C=O) groups excluding carboxylic acids is 1. The molecule has 76 valence electrons. The van der Waals surface area contributed by atoms with Gasteiger partial charge in [0.2, 0.25) is 5.95 Å². The second-order valence-electron chi connectivity index (χ2n) is 2.92. The molecule has 1 atom stereocenters. The molecule has 14 heavy (non-hydrogen) atoms. The van der Waals surface area contributed by atoms with E-state index in [9.17, 15) is 9.18 Å². The van der Waals surface area contributed by atoms with Crippen LogP contribution in [0.3, 0.4) is 0 Å². The van der Waals surface area contributed by atoms with Crippen LogP contribution in [0.2, 0.25) is 0 Å². The average Bonchev–Trinajstić information content (AvgIpc) is 2.17. The lowest BCUT2D eigenvalue weighted by Crippen LogP contribution is -2.35. The summed E-state index contributed by atoms with van der Waals surface area (Å²) in [4.78, 5) is 14.7. The van der Waals surface area contributed by atoms with E-state index in [0.29, 0.717) is 0 Å². The molecule has 1 aromatic heterocycles. The van der Waals surface area contributed by atoms with Gasteiger partial charge in [-0.2, -0.15) is 4.39 Å². The van der Waals surface area contributed by atoms with Crippen molar-refractivity contribution in [2.75, 3.05) is 6.61 Å². The third-order valence-electron chi connectivity index (χ3n) is 1.64. The molecule has 1 rings (SSSR count). The molecule has 1 heterocycles. The molecule has 0 aliphatic heterocycles. The highest BCUT2D eigenvalue weighted by Crippen LogP contribution is 2.00. The molecule has 0 aromatic carbocycles. The van der Waals surface area contributed by atoms with E-state index in [2.05, 4.69) is 10.3 Å². The van der Waals surface area contributed by atoms with Crippen LogP contribution in [0, 0.1) is 5.95 Å². The number of nitrogens with one attached hydrogen (secondary N) is 1. The molecule has 2 N–H and O–H groups in total. The maximum Gasteiger partial charge on any atom is 0.251 e.